The maximum atomic E-state index is 5.66. The summed E-state index contributed by atoms with van der Waals surface area (Å²) in [5.74, 6) is 1.24. The number of hydrogen-bond donors (Lipinski definition) is 0. The zero-order chi connectivity index (χ0) is 16.8. The highest BCUT2D eigenvalue weighted by Crippen LogP contribution is 2.22. The van der Waals surface area contributed by atoms with Crippen LogP contribution < -0.4 is 4.74 Å². The minimum absolute atomic E-state index is 0.252. The van der Waals surface area contributed by atoms with Gasteiger partial charge in [-0.15, -0.1) is 0 Å². The van der Waals surface area contributed by atoms with E-state index in [4.69, 9.17) is 4.74 Å². The van der Waals surface area contributed by atoms with E-state index in [9.17, 15) is 0 Å². The van der Waals surface area contributed by atoms with Gasteiger partial charge in [0.2, 0.25) is 5.88 Å². The molecule has 0 aliphatic rings. The van der Waals surface area contributed by atoms with E-state index in [0.29, 0.717) is 5.88 Å². The molecule has 0 unspecified atom stereocenters. The smallest absolute Gasteiger partial charge is 0.237 e. The number of nitrogens with zero attached hydrogens (tertiary/aromatic N) is 4. The summed E-state index contributed by atoms with van der Waals surface area (Å²) in [5, 5.41) is 0. The number of pyridine rings is 1. The maximum absolute atomic E-state index is 5.66. The van der Waals surface area contributed by atoms with Gasteiger partial charge in [-0.05, 0) is 43.8 Å². The molecule has 3 rings (SSSR count). The summed E-state index contributed by atoms with van der Waals surface area (Å²) in [5.41, 5.74) is 2.29. The fourth-order valence-corrected chi connectivity index (χ4v) is 2.40. The summed E-state index contributed by atoms with van der Waals surface area (Å²) in [7, 11) is 2.10. The van der Waals surface area contributed by atoms with E-state index in [-0.39, 0.29) is 6.04 Å². The lowest BCUT2D eigenvalue weighted by molar-refractivity contribution is 0.248. The Morgan fingerprint density at radius 2 is 1.83 bits per heavy atom. The SMILES string of the molecule is C[C@@H](c1ccccn1)N(C)Cc1ccc(Oc2cnccn2)cc1. The molecule has 0 saturated carbocycles. The minimum Gasteiger partial charge on any atom is -0.438 e. The lowest BCUT2D eigenvalue weighted by Gasteiger charge is -2.24. The molecule has 2 heterocycles. The summed E-state index contributed by atoms with van der Waals surface area (Å²) >= 11 is 0. The molecule has 0 spiro atoms. The second-order valence-electron chi connectivity index (χ2n) is 5.64. The normalized spacial score (nSPS) is 12.1. The van der Waals surface area contributed by atoms with Gasteiger partial charge in [-0.1, -0.05) is 18.2 Å². The van der Waals surface area contributed by atoms with Crippen LogP contribution in [0.4, 0.5) is 0 Å². The first kappa shape index (κ1) is 16.1. The van der Waals surface area contributed by atoms with Gasteiger partial charge in [-0.25, -0.2) is 4.98 Å². The van der Waals surface area contributed by atoms with Crippen molar-refractivity contribution in [2.24, 2.45) is 0 Å². The Bertz CT molecular complexity index is 747. The molecule has 1 aromatic carbocycles. The quantitative estimate of drug-likeness (QED) is 0.690. The van der Waals surface area contributed by atoms with E-state index in [2.05, 4.69) is 52.0 Å². The molecule has 5 nitrogen and oxygen atoms in total. The molecule has 0 bridgehead atoms. The predicted molar refractivity (Wildman–Crippen MR) is 92.7 cm³/mol. The van der Waals surface area contributed by atoms with E-state index in [1.807, 2.05) is 30.5 Å². The molecule has 2 aromatic heterocycles. The molecule has 0 N–H and O–H groups in total. The van der Waals surface area contributed by atoms with Crippen molar-refractivity contribution in [1.82, 2.24) is 19.9 Å². The van der Waals surface area contributed by atoms with Crippen LogP contribution in [0.5, 0.6) is 11.6 Å². The number of rotatable bonds is 6. The second-order valence-corrected chi connectivity index (χ2v) is 5.64. The Balaban J connectivity index is 1.61. The van der Waals surface area contributed by atoms with E-state index in [0.717, 1.165) is 18.0 Å². The van der Waals surface area contributed by atoms with Crippen molar-refractivity contribution in [3.63, 3.8) is 0 Å². The highest BCUT2D eigenvalue weighted by Gasteiger charge is 2.12. The largest absolute Gasteiger partial charge is 0.438 e. The Labute approximate surface area is 142 Å². The van der Waals surface area contributed by atoms with Gasteiger partial charge in [0.15, 0.2) is 0 Å². The van der Waals surface area contributed by atoms with E-state index in [1.54, 1.807) is 18.6 Å². The lowest BCUT2D eigenvalue weighted by Crippen LogP contribution is -2.22. The Morgan fingerprint density at radius 1 is 1.00 bits per heavy atom. The fourth-order valence-electron chi connectivity index (χ4n) is 2.40. The van der Waals surface area contributed by atoms with Gasteiger partial charge < -0.3 is 4.74 Å². The van der Waals surface area contributed by atoms with Gasteiger partial charge in [0.1, 0.15) is 5.75 Å². The first-order chi connectivity index (χ1) is 11.7. The molecule has 0 aliphatic carbocycles. The molecule has 5 heteroatoms. The average Bonchev–Trinajstić information content (AvgIpc) is 2.64. The van der Waals surface area contributed by atoms with Crippen LogP contribution >= 0.6 is 0 Å². The van der Waals surface area contributed by atoms with Gasteiger partial charge in [0.25, 0.3) is 0 Å². The van der Waals surface area contributed by atoms with Gasteiger partial charge in [0.05, 0.1) is 11.9 Å². The molecule has 0 saturated heterocycles. The van der Waals surface area contributed by atoms with Gasteiger partial charge >= 0.3 is 0 Å². The zero-order valence-corrected chi connectivity index (χ0v) is 13.8. The van der Waals surface area contributed by atoms with Crippen LogP contribution in [0, 0.1) is 0 Å². The van der Waals surface area contributed by atoms with Crippen molar-refractivity contribution in [2.75, 3.05) is 7.05 Å². The van der Waals surface area contributed by atoms with Gasteiger partial charge in [-0.3, -0.25) is 14.9 Å². The first-order valence-electron chi connectivity index (χ1n) is 7.86. The highest BCUT2D eigenvalue weighted by atomic mass is 16.5. The Hall–Kier alpha value is -2.79. The molecule has 1 atom stereocenters. The monoisotopic (exact) mass is 320 g/mol. The minimum atomic E-state index is 0.252. The van der Waals surface area contributed by atoms with Crippen molar-refractivity contribution in [3.05, 3.63) is 78.5 Å². The van der Waals surface area contributed by atoms with E-state index >= 15 is 0 Å². The summed E-state index contributed by atoms with van der Waals surface area (Å²) in [6.45, 7) is 3.00. The number of ether oxygens (including phenoxy) is 1. The maximum Gasteiger partial charge on any atom is 0.237 e. The number of aromatic nitrogens is 3. The predicted octanol–water partition coefficient (Wildman–Crippen LogP) is 3.86. The van der Waals surface area contributed by atoms with Crippen molar-refractivity contribution < 1.29 is 4.74 Å². The topological polar surface area (TPSA) is 51.1 Å². The van der Waals surface area contributed by atoms with Crippen molar-refractivity contribution in [1.29, 1.82) is 0 Å². The lowest BCUT2D eigenvalue weighted by atomic mass is 10.1. The molecule has 0 fully saturated rings. The molecular weight excluding hydrogens is 300 g/mol. The van der Waals surface area contributed by atoms with Crippen molar-refractivity contribution >= 4 is 0 Å². The zero-order valence-electron chi connectivity index (χ0n) is 13.8. The van der Waals surface area contributed by atoms with E-state index < -0.39 is 0 Å². The standard InChI is InChI=1S/C19H20N4O/c1-15(18-5-3-4-10-21-18)23(2)14-16-6-8-17(9-7-16)24-19-13-20-11-12-22-19/h3-13,15H,14H2,1-2H3/t15-/m0/s1. The Morgan fingerprint density at radius 3 is 2.50 bits per heavy atom. The first-order valence-corrected chi connectivity index (χ1v) is 7.86. The fraction of sp³-hybridized carbons (Fsp3) is 0.211. The average molecular weight is 320 g/mol. The van der Waals surface area contributed by atoms with Crippen molar-refractivity contribution in [2.45, 2.75) is 19.5 Å². The third kappa shape index (κ3) is 4.14. The molecule has 0 aliphatic heterocycles. The third-order valence-corrected chi connectivity index (χ3v) is 3.89. The summed E-state index contributed by atoms with van der Waals surface area (Å²) in [6.07, 6.45) is 6.65. The van der Waals surface area contributed by atoms with Crippen LogP contribution in [0.15, 0.2) is 67.3 Å². The van der Waals surface area contributed by atoms with E-state index in [1.165, 1.54) is 5.56 Å². The number of hydrogen-bond acceptors (Lipinski definition) is 5. The van der Waals surface area contributed by atoms with Crippen LogP contribution in [0.1, 0.15) is 24.2 Å². The highest BCUT2D eigenvalue weighted by molar-refractivity contribution is 5.30. The van der Waals surface area contributed by atoms with Crippen LogP contribution in [-0.2, 0) is 6.54 Å². The summed E-state index contributed by atoms with van der Waals surface area (Å²) in [6, 6.07) is 14.3. The van der Waals surface area contributed by atoms with Gasteiger partial charge in [0, 0.05) is 31.2 Å². The third-order valence-electron chi connectivity index (χ3n) is 3.89. The molecule has 122 valence electrons. The van der Waals surface area contributed by atoms with Crippen LogP contribution in [0.25, 0.3) is 0 Å². The molecule has 0 radical (unpaired) electrons. The molecule has 3 aromatic rings. The van der Waals surface area contributed by atoms with Crippen molar-refractivity contribution in [3.8, 4) is 11.6 Å². The van der Waals surface area contributed by atoms with Crippen LogP contribution in [-0.4, -0.2) is 26.9 Å². The van der Waals surface area contributed by atoms with Gasteiger partial charge in [-0.2, -0.15) is 0 Å². The molecular formula is C19H20N4O. The summed E-state index contributed by atoms with van der Waals surface area (Å²) in [4.78, 5) is 14.8. The summed E-state index contributed by atoms with van der Waals surface area (Å²) < 4.78 is 5.66. The molecule has 24 heavy (non-hydrogen) atoms. The van der Waals surface area contributed by atoms with Crippen LogP contribution in [0.3, 0.4) is 0 Å². The second kappa shape index (κ2) is 7.66. The Kier molecular flexibility index (Phi) is 5.13. The van der Waals surface area contributed by atoms with Crippen LogP contribution in [0.2, 0.25) is 0 Å². The number of benzene rings is 1. The molecule has 0 amide bonds.